The van der Waals surface area contributed by atoms with Crippen LogP contribution in [0, 0.1) is 5.92 Å². The van der Waals surface area contributed by atoms with E-state index in [-0.39, 0.29) is 0 Å². The molecule has 0 radical (unpaired) electrons. The van der Waals surface area contributed by atoms with Gasteiger partial charge in [-0.05, 0) is 31.4 Å². The molecule has 0 aromatic carbocycles. The van der Waals surface area contributed by atoms with Crippen molar-refractivity contribution in [2.75, 3.05) is 5.75 Å². The standard InChI is InChI=1S/C8H12OS/c9-8(6-3-4-6)7-2-1-5-10-7/h6-7H,1-5H2. The van der Waals surface area contributed by atoms with Crippen LogP contribution in [0.3, 0.4) is 0 Å². The molecule has 0 N–H and O–H groups in total. The molecule has 1 heterocycles. The normalized spacial score (nSPS) is 32.6. The minimum atomic E-state index is 0.396. The zero-order valence-electron chi connectivity index (χ0n) is 6.01. The number of Topliss-reactive ketones (excluding diaryl/α,β-unsaturated/α-hetero) is 1. The SMILES string of the molecule is O=C(C1CC1)C1CCCS1. The first-order chi connectivity index (χ1) is 4.88. The van der Waals surface area contributed by atoms with Gasteiger partial charge in [0.2, 0.25) is 0 Å². The summed E-state index contributed by atoms with van der Waals surface area (Å²) in [6, 6.07) is 0. The van der Waals surface area contributed by atoms with Crippen LogP contribution in [0.25, 0.3) is 0 Å². The van der Waals surface area contributed by atoms with Gasteiger partial charge >= 0.3 is 0 Å². The average molecular weight is 156 g/mol. The van der Waals surface area contributed by atoms with Crippen LogP contribution in [0.1, 0.15) is 25.7 Å². The van der Waals surface area contributed by atoms with Gasteiger partial charge in [0, 0.05) is 5.92 Å². The van der Waals surface area contributed by atoms with Crippen LogP contribution < -0.4 is 0 Å². The first-order valence-electron chi connectivity index (χ1n) is 4.03. The molecule has 2 fully saturated rings. The van der Waals surface area contributed by atoms with Gasteiger partial charge < -0.3 is 0 Å². The summed E-state index contributed by atoms with van der Waals surface area (Å²) in [5.41, 5.74) is 0. The summed E-state index contributed by atoms with van der Waals surface area (Å²) in [5.74, 6) is 2.25. The Morgan fingerprint density at radius 2 is 2.10 bits per heavy atom. The van der Waals surface area contributed by atoms with Crippen molar-refractivity contribution in [2.45, 2.75) is 30.9 Å². The lowest BCUT2D eigenvalue weighted by atomic mass is 10.1. The van der Waals surface area contributed by atoms with Gasteiger partial charge in [0.05, 0.1) is 5.25 Å². The van der Waals surface area contributed by atoms with Crippen LogP contribution in [0.2, 0.25) is 0 Å². The maximum absolute atomic E-state index is 11.4. The predicted molar refractivity (Wildman–Crippen MR) is 43.2 cm³/mol. The van der Waals surface area contributed by atoms with Crippen molar-refractivity contribution in [3.8, 4) is 0 Å². The average Bonchev–Trinajstić information content (AvgIpc) is 2.65. The first-order valence-corrected chi connectivity index (χ1v) is 5.08. The number of rotatable bonds is 2. The Morgan fingerprint density at radius 3 is 2.60 bits per heavy atom. The smallest absolute Gasteiger partial charge is 0.148 e. The van der Waals surface area contributed by atoms with Crippen LogP contribution >= 0.6 is 11.8 Å². The van der Waals surface area contributed by atoms with Crippen molar-refractivity contribution in [3.63, 3.8) is 0 Å². The zero-order chi connectivity index (χ0) is 6.97. The van der Waals surface area contributed by atoms with Gasteiger partial charge in [0.1, 0.15) is 5.78 Å². The molecular formula is C8H12OS. The molecule has 0 amide bonds. The van der Waals surface area contributed by atoms with Crippen LogP contribution in [0.4, 0.5) is 0 Å². The molecule has 2 heteroatoms. The summed E-state index contributed by atoms with van der Waals surface area (Å²) in [4.78, 5) is 11.4. The van der Waals surface area contributed by atoms with Gasteiger partial charge in [-0.1, -0.05) is 0 Å². The largest absolute Gasteiger partial charge is 0.298 e. The molecule has 0 aromatic heterocycles. The third kappa shape index (κ3) is 1.22. The van der Waals surface area contributed by atoms with E-state index >= 15 is 0 Å². The van der Waals surface area contributed by atoms with E-state index in [0.29, 0.717) is 17.0 Å². The van der Waals surface area contributed by atoms with Gasteiger partial charge in [-0.2, -0.15) is 11.8 Å². The van der Waals surface area contributed by atoms with E-state index in [1.165, 1.54) is 25.0 Å². The lowest BCUT2D eigenvalue weighted by Crippen LogP contribution is -2.15. The fraction of sp³-hybridized carbons (Fsp3) is 0.875. The van der Waals surface area contributed by atoms with E-state index in [1.54, 1.807) is 0 Å². The van der Waals surface area contributed by atoms with Crippen molar-refractivity contribution >= 4 is 17.5 Å². The van der Waals surface area contributed by atoms with Crippen LogP contribution in [0.15, 0.2) is 0 Å². The molecule has 0 aromatic rings. The summed E-state index contributed by atoms with van der Waals surface area (Å²) >= 11 is 1.87. The molecule has 2 aliphatic rings. The molecule has 2 rings (SSSR count). The molecule has 1 nitrogen and oxygen atoms in total. The van der Waals surface area contributed by atoms with Gasteiger partial charge in [0.25, 0.3) is 0 Å². The first kappa shape index (κ1) is 6.71. The lowest BCUT2D eigenvalue weighted by Gasteiger charge is -2.03. The molecular weight excluding hydrogens is 144 g/mol. The second-order valence-electron chi connectivity index (χ2n) is 3.18. The third-order valence-corrected chi connectivity index (χ3v) is 3.62. The molecule has 1 saturated carbocycles. The number of hydrogen-bond donors (Lipinski definition) is 0. The van der Waals surface area contributed by atoms with E-state index in [2.05, 4.69) is 0 Å². The minimum Gasteiger partial charge on any atom is -0.298 e. The Kier molecular flexibility index (Phi) is 1.73. The van der Waals surface area contributed by atoms with Crippen LogP contribution in [0.5, 0.6) is 0 Å². The lowest BCUT2D eigenvalue weighted by molar-refractivity contribution is -0.119. The van der Waals surface area contributed by atoms with Gasteiger partial charge in [-0.3, -0.25) is 4.79 Å². The van der Waals surface area contributed by atoms with Gasteiger partial charge in [-0.15, -0.1) is 0 Å². The summed E-state index contributed by atoms with van der Waals surface area (Å²) in [7, 11) is 0. The molecule has 1 saturated heterocycles. The van der Waals surface area contributed by atoms with Gasteiger partial charge in [0.15, 0.2) is 0 Å². The highest BCUT2D eigenvalue weighted by Crippen LogP contribution is 2.37. The number of hydrogen-bond acceptors (Lipinski definition) is 2. The molecule has 0 spiro atoms. The summed E-state index contributed by atoms with van der Waals surface area (Å²) in [6.45, 7) is 0. The minimum absolute atomic E-state index is 0.396. The van der Waals surface area contributed by atoms with E-state index in [1.807, 2.05) is 11.8 Å². The van der Waals surface area contributed by atoms with E-state index in [0.717, 1.165) is 6.42 Å². The Bertz CT molecular complexity index is 145. The molecule has 1 atom stereocenters. The Labute approximate surface area is 65.6 Å². The molecule has 10 heavy (non-hydrogen) atoms. The van der Waals surface area contributed by atoms with Crippen molar-refractivity contribution in [3.05, 3.63) is 0 Å². The summed E-state index contributed by atoms with van der Waals surface area (Å²) < 4.78 is 0. The topological polar surface area (TPSA) is 17.1 Å². The summed E-state index contributed by atoms with van der Waals surface area (Å²) in [6.07, 6.45) is 4.76. The molecule has 56 valence electrons. The number of carbonyl (C=O) groups excluding carboxylic acids is 1. The monoisotopic (exact) mass is 156 g/mol. The maximum Gasteiger partial charge on any atom is 0.148 e. The molecule has 1 unspecified atom stereocenters. The molecule has 1 aliphatic carbocycles. The quantitative estimate of drug-likeness (QED) is 0.607. The highest BCUT2D eigenvalue weighted by atomic mass is 32.2. The maximum atomic E-state index is 11.4. The van der Waals surface area contributed by atoms with E-state index < -0.39 is 0 Å². The second-order valence-corrected chi connectivity index (χ2v) is 4.49. The van der Waals surface area contributed by atoms with Crippen LogP contribution in [-0.2, 0) is 4.79 Å². The molecule has 0 bridgehead atoms. The Hall–Kier alpha value is 0.0200. The predicted octanol–water partition coefficient (Wildman–Crippen LogP) is 1.86. The van der Waals surface area contributed by atoms with Gasteiger partial charge in [-0.25, -0.2) is 0 Å². The van der Waals surface area contributed by atoms with E-state index in [4.69, 9.17) is 0 Å². The highest BCUT2D eigenvalue weighted by Gasteiger charge is 2.35. The Balaban J connectivity index is 1.90. The molecule has 1 aliphatic heterocycles. The van der Waals surface area contributed by atoms with Crippen molar-refractivity contribution in [1.82, 2.24) is 0 Å². The van der Waals surface area contributed by atoms with Crippen molar-refractivity contribution in [2.24, 2.45) is 5.92 Å². The Morgan fingerprint density at radius 1 is 1.30 bits per heavy atom. The van der Waals surface area contributed by atoms with Crippen molar-refractivity contribution in [1.29, 1.82) is 0 Å². The van der Waals surface area contributed by atoms with E-state index in [9.17, 15) is 4.79 Å². The number of carbonyl (C=O) groups is 1. The highest BCUT2D eigenvalue weighted by molar-refractivity contribution is 8.00. The van der Waals surface area contributed by atoms with Crippen molar-refractivity contribution < 1.29 is 4.79 Å². The fourth-order valence-electron chi connectivity index (χ4n) is 1.43. The zero-order valence-corrected chi connectivity index (χ0v) is 6.82. The second kappa shape index (κ2) is 2.57. The summed E-state index contributed by atoms with van der Waals surface area (Å²) in [5, 5.41) is 0.396. The number of ketones is 1. The number of thioether (sulfide) groups is 1. The third-order valence-electron chi connectivity index (χ3n) is 2.23. The fourth-order valence-corrected chi connectivity index (χ4v) is 2.74. The van der Waals surface area contributed by atoms with Crippen LogP contribution in [-0.4, -0.2) is 16.8 Å².